The van der Waals surface area contributed by atoms with Gasteiger partial charge in [-0.3, -0.25) is 4.79 Å². The van der Waals surface area contributed by atoms with Gasteiger partial charge in [-0.1, -0.05) is 20.8 Å². The molecule has 0 aliphatic rings. The first-order chi connectivity index (χ1) is 9.97. The van der Waals surface area contributed by atoms with E-state index in [4.69, 9.17) is 9.47 Å². The number of rotatable bonds is 8. The van der Waals surface area contributed by atoms with Crippen LogP contribution in [0.25, 0.3) is 0 Å². The van der Waals surface area contributed by atoms with Gasteiger partial charge in [0.2, 0.25) is 0 Å². The molecule has 1 atom stereocenters. The lowest BCUT2D eigenvalue weighted by Crippen LogP contribution is -2.31. The first kappa shape index (κ1) is 17.3. The molecule has 118 valence electrons. The first-order valence-electron chi connectivity index (χ1n) is 7.59. The Morgan fingerprint density at radius 3 is 2.52 bits per heavy atom. The lowest BCUT2D eigenvalue weighted by molar-refractivity contribution is 0.0939. The van der Waals surface area contributed by atoms with Gasteiger partial charge in [-0.25, -0.2) is 0 Å². The van der Waals surface area contributed by atoms with Crippen LogP contribution >= 0.6 is 0 Å². The van der Waals surface area contributed by atoms with E-state index in [1.54, 1.807) is 25.3 Å². The van der Waals surface area contributed by atoms with E-state index in [1.165, 1.54) is 0 Å². The minimum atomic E-state index is -0.0867. The molecule has 0 aliphatic carbocycles. The summed E-state index contributed by atoms with van der Waals surface area (Å²) in [6.45, 7) is 8.98. The highest BCUT2D eigenvalue weighted by atomic mass is 16.5. The summed E-state index contributed by atoms with van der Waals surface area (Å²) in [4.78, 5) is 12.1. The quantitative estimate of drug-likeness (QED) is 0.796. The fraction of sp³-hybridized carbons (Fsp3) is 0.588. The summed E-state index contributed by atoms with van der Waals surface area (Å²) >= 11 is 0. The summed E-state index contributed by atoms with van der Waals surface area (Å²) in [7, 11) is 1.58. The van der Waals surface area contributed by atoms with E-state index < -0.39 is 0 Å². The molecule has 1 unspecified atom stereocenters. The van der Waals surface area contributed by atoms with Gasteiger partial charge in [0, 0.05) is 11.6 Å². The molecule has 1 rings (SSSR count). The van der Waals surface area contributed by atoms with E-state index in [0.29, 0.717) is 29.6 Å². The van der Waals surface area contributed by atoms with E-state index in [-0.39, 0.29) is 11.9 Å². The van der Waals surface area contributed by atoms with Gasteiger partial charge in [-0.15, -0.1) is 0 Å². The number of carbonyl (C=O) groups is 1. The molecule has 0 fully saturated rings. The van der Waals surface area contributed by atoms with Crippen molar-refractivity contribution in [2.75, 3.05) is 13.7 Å². The van der Waals surface area contributed by atoms with Crippen LogP contribution in [-0.4, -0.2) is 25.7 Å². The zero-order valence-corrected chi connectivity index (χ0v) is 13.7. The number of ether oxygens (including phenoxy) is 2. The molecule has 21 heavy (non-hydrogen) atoms. The third-order valence-electron chi connectivity index (χ3n) is 3.37. The monoisotopic (exact) mass is 293 g/mol. The Balaban J connectivity index is 2.75. The molecule has 0 spiro atoms. The van der Waals surface area contributed by atoms with Crippen LogP contribution in [0.1, 0.15) is 50.9 Å². The molecule has 0 aliphatic heterocycles. The van der Waals surface area contributed by atoms with Gasteiger partial charge < -0.3 is 14.8 Å². The van der Waals surface area contributed by atoms with E-state index in [1.807, 2.05) is 13.8 Å². The van der Waals surface area contributed by atoms with Gasteiger partial charge in [0.15, 0.2) is 11.5 Å². The summed E-state index contributed by atoms with van der Waals surface area (Å²) in [6, 6.07) is 5.45. The lowest BCUT2D eigenvalue weighted by atomic mass is 10.1. The molecule has 0 aromatic heterocycles. The Morgan fingerprint density at radius 2 is 1.95 bits per heavy atom. The largest absolute Gasteiger partial charge is 0.493 e. The highest BCUT2D eigenvalue weighted by Crippen LogP contribution is 2.28. The van der Waals surface area contributed by atoms with Gasteiger partial charge in [0.05, 0.1) is 13.7 Å². The molecular weight excluding hydrogens is 266 g/mol. The van der Waals surface area contributed by atoms with Crippen LogP contribution in [-0.2, 0) is 0 Å². The number of amides is 1. The van der Waals surface area contributed by atoms with Gasteiger partial charge in [-0.05, 0) is 43.9 Å². The smallest absolute Gasteiger partial charge is 0.251 e. The average Bonchev–Trinajstić information content (AvgIpc) is 2.46. The molecule has 0 radical (unpaired) electrons. The second-order valence-electron chi connectivity index (χ2n) is 5.68. The zero-order chi connectivity index (χ0) is 15.8. The molecule has 1 amide bonds. The fourth-order valence-corrected chi connectivity index (χ4v) is 1.74. The third-order valence-corrected chi connectivity index (χ3v) is 3.37. The molecule has 0 saturated carbocycles. The van der Waals surface area contributed by atoms with Gasteiger partial charge in [0.1, 0.15) is 0 Å². The normalized spacial score (nSPS) is 12.1. The maximum Gasteiger partial charge on any atom is 0.251 e. The maximum absolute atomic E-state index is 12.1. The zero-order valence-electron chi connectivity index (χ0n) is 13.7. The van der Waals surface area contributed by atoms with Crippen LogP contribution in [0.15, 0.2) is 18.2 Å². The number of nitrogens with one attached hydrogen (secondary N) is 1. The van der Waals surface area contributed by atoms with Crippen LogP contribution in [0.5, 0.6) is 11.5 Å². The Labute approximate surface area is 127 Å². The predicted octanol–water partition coefficient (Wildman–Crippen LogP) is 3.65. The molecular formula is C17H27NO3. The second-order valence-corrected chi connectivity index (χ2v) is 5.68. The molecule has 1 N–H and O–H groups in total. The summed E-state index contributed by atoms with van der Waals surface area (Å²) < 4.78 is 11.0. The Bertz CT molecular complexity index is 457. The van der Waals surface area contributed by atoms with Crippen LogP contribution in [0.4, 0.5) is 0 Å². The minimum absolute atomic E-state index is 0.0867. The van der Waals surface area contributed by atoms with Crippen molar-refractivity contribution in [2.24, 2.45) is 5.92 Å². The third kappa shape index (κ3) is 5.66. The summed E-state index contributed by atoms with van der Waals surface area (Å²) in [5.41, 5.74) is 0.586. The topological polar surface area (TPSA) is 47.6 Å². The molecule has 0 heterocycles. The van der Waals surface area contributed by atoms with E-state index in [9.17, 15) is 4.79 Å². The molecule has 1 aromatic carbocycles. The minimum Gasteiger partial charge on any atom is -0.493 e. The van der Waals surface area contributed by atoms with Crippen molar-refractivity contribution in [1.82, 2.24) is 5.32 Å². The first-order valence-corrected chi connectivity index (χ1v) is 7.59. The van der Waals surface area contributed by atoms with Crippen LogP contribution in [0, 0.1) is 5.92 Å². The number of methoxy groups -OCH3 is 1. The predicted molar refractivity (Wildman–Crippen MR) is 85.2 cm³/mol. The van der Waals surface area contributed by atoms with Crippen molar-refractivity contribution in [3.63, 3.8) is 0 Å². The highest BCUT2D eigenvalue weighted by Gasteiger charge is 2.12. The van der Waals surface area contributed by atoms with Crippen LogP contribution in [0.3, 0.4) is 0 Å². The van der Waals surface area contributed by atoms with Gasteiger partial charge in [-0.2, -0.15) is 0 Å². The standard InChI is InChI=1S/C17H27NO3/c1-6-13(4)18-17(19)14-7-8-15(16(11-14)20-5)21-10-9-12(2)3/h7-8,11-13H,6,9-10H2,1-5H3,(H,18,19). The Hall–Kier alpha value is -1.71. The van der Waals surface area contributed by atoms with Gasteiger partial charge in [0.25, 0.3) is 5.91 Å². The second kappa shape index (κ2) is 8.55. The lowest BCUT2D eigenvalue weighted by Gasteiger charge is -2.14. The van der Waals surface area contributed by atoms with Crippen LogP contribution in [0.2, 0.25) is 0 Å². The Kier molecular flexibility index (Phi) is 7.06. The van der Waals surface area contributed by atoms with Gasteiger partial charge >= 0.3 is 0 Å². The van der Waals surface area contributed by atoms with Crippen LogP contribution < -0.4 is 14.8 Å². The van der Waals surface area contributed by atoms with Crippen molar-refractivity contribution < 1.29 is 14.3 Å². The maximum atomic E-state index is 12.1. The fourth-order valence-electron chi connectivity index (χ4n) is 1.74. The SMILES string of the molecule is CCC(C)NC(=O)c1ccc(OCCC(C)C)c(OC)c1. The summed E-state index contributed by atoms with van der Waals surface area (Å²) in [6.07, 6.45) is 1.89. The molecule has 0 saturated heterocycles. The van der Waals surface area contributed by atoms with E-state index in [0.717, 1.165) is 12.8 Å². The number of carbonyl (C=O) groups excluding carboxylic acids is 1. The number of hydrogen-bond donors (Lipinski definition) is 1. The number of benzene rings is 1. The average molecular weight is 293 g/mol. The van der Waals surface area contributed by atoms with Crippen molar-refractivity contribution in [2.45, 2.75) is 46.6 Å². The van der Waals surface area contributed by atoms with Crippen molar-refractivity contribution in [1.29, 1.82) is 0 Å². The van der Waals surface area contributed by atoms with Crippen molar-refractivity contribution in [3.8, 4) is 11.5 Å². The van der Waals surface area contributed by atoms with Crippen molar-refractivity contribution in [3.05, 3.63) is 23.8 Å². The Morgan fingerprint density at radius 1 is 1.24 bits per heavy atom. The molecule has 4 heteroatoms. The molecule has 4 nitrogen and oxygen atoms in total. The van der Waals surface area contributed by atoms with Crippen molar-refractivity contribution >= 4 is 5.91 Å². The number of hydrogen-bond acceptors (Lipinski definition) is 3. The molecule has 1 aromatic rings. The van der Waals surface area contributed by atoms with E-state index in [2.05, 4.69) is 19.2 Å². The molecule has 0 bridgehead atoms. The highest BCUT2D eigenvalue weighted by molar-refractivity contribution is 5.95. The summed E-state index contributed by atoms with van der Waals surface area (Å²) in [5.74, 6) is 1.78. The summed E-state index contributed by atoms with van der Waals surface area (Å²) in [5, 5.41) is 2.94. The van der Waals surface area contributed by atoms with E-state index >= 15 is 0 Å².